The fourth-order valence-corrected chi connectivity index (χ4v) is 2.56. The second kappa shape index (κ2) is 6.76. The molecule has 6 heteroatoms. The third-order valence-corrected chi connectivity index (χ3v) is 4.12. The highest BCUT2D eigenvalue weighted by atomic mass is 32.1. The minimum Gasteiger partial charge on any atom is -0.302 e. The van der Waals surface area contributed by atoms with Crippen molar-refractivity contribution < 1.29 is 13.6 Å². The van der Waals surface area contributed by atoms with Crippen LogP contribution in [0.15, 0.2) is 24.4 Å². The summed E-state index contributed by atoms with van der Waals surface area (Å²) < 4.78 is 26.0. The SMILES string of the molecule is CC[C@@H](C)C(=O)Nc1ncc(Cc2ccc(F)c(F)c2)s1. The van der Waals surface area contributed by atoms with E-state index in [2.05, 4.69) is 10.3 Å². The average molecular weight is 310 g/mol. The third-order valence-electron chi connectivity index (χ3n) is 3.21. The molecule has 1 aromatic carbocycles. The molecular weight excluding hydrogens is 294 g/mol. The highest BCUT2D eigenvalue weighted by molar-refractivity contribution is 7.15. The summed E-state index contributed by atoms with van der Waals surface area (Å²) >= 11 is 1.33. The first-order chi connectivity index (χ1) is 9.99. The smallest absolute Gasteiger partial charge is 0.228 e. The molecule has 0 aliphatic carbocycles. The van der Waals surface area contributed by atoms with E-state index in [4.69, 9.17) is 0 Å². The van der Waals surface area contributed by atoms with E-state index in [1.165, 1.54) is 23.5 Å². The molecule has 0 saturated heterocycles. The van der Waals surface area contributed by atoms with Crippen LogP contribution < -0.4 is 5.32 Å². The number of rotatable bonds is 5. The number of aromatic nitrogens is 1. The first kappa shape index (κ1) is 15.6. The zero-order chi connectivity index (χ0) is 15.4. The largest absolute Gasteiger partial charge is 0.302 e. The summed E-state index contributed by atoms with van der Waals surface area (Å²) in [6.07, 6.45) is 2.85. The number of hydrogen-bond acceptors (Lipinski definition) is 3. The first-order valence-electron chi connectivity index (χ1n) is 6.69. The van der Waals surface area contributed by atoms with Gasteiger partial charge in [-0.3, -0.25) is 4.79 Å². The summed E-state index contributed by atoms with van der Waals surface area (Å²) in [5, 5.41) is 3.28. The molecular formula is C15H16F2N2OS. The summed E-state index contributed by atoms with van der Waals surface area (Å²) in [7, 11) is 0. The predicted octanol–water partition coefficient (Wildman–Crippen LogP) is 4.00. The number of anilines is 1. The zero-order valence-corrected chi connectivity index (χ0v) is 12.6. The number of nitrogens with zero attached hydrogens (tertiary/aromatic N) is 1. The number of halogens is 2. The van der Waals surface area contributed by atoms with Crippen LogP contribution in [0.4, 0.5) is 13.9 Å². The van der Waals surface area contributed by atoms with Gasteiger partial charge < -0.3 is 5.32 Å². The van der Waals surface area contributed by atoms with Crippen LogP contribution in [-0.4, -0.2) is 10.9 Å². The molecule has 0 spiro atoms. The highest BCUT2D eigenvalue weighted by Gasteiger charge is 2.13. The molecule has 0 aliphatic heterocycles. The quantitative estimate of drug-likeness (QED) is 0.907. The third kappa shape index (κ3) is 4.07. The van der Waals surface area contributed by atoms with Gasteiger partial charge in [0.2, 0.25) is 5.91 Å². The van der Waals surface area contributed by atoms with E-state index >= 15 is 0 Å². The van der Waals surface area contributed by atoms with Gasteiger partial charge in [-0.25, -0.2) is 13.8 Å². The van der Waals surface area contributed by atoms with Crippen LogP contribution >= 0.6 is 11.3 Å². The highest BCUT2D eigenvalue weighted by Crippen LogP contribution is 2.22. The van der Waals surface area contributed by atoms with Crippen molar-refractivity contribution in [2.75, 3.05) is 5.32 Å². The maximum Gasteiger partial charge on any atom is 0.228 e. The van der Waals surface area contributed by atoms with E-state index in [-0.39, 0.29) is 11.8 Å². The maximum absolute atomic E-state index is 13.1. The van der Waals surface area contributed by atoms with Gasteiger partial charge in [-0.05, 0) is 24.1 Å². The first-order valence-corrected chi connectivity index (χ1v) is 7.50. The Labute approximate surface area is 126 Å². The molecule has 1 N–H and O–H groups in total. The number of carbonyl (C=O) groups excluding carboxylic acids is 1. The van der Waals surface area contributed by atoms with Crippen LogP contribution in [0.1, 0.15) is 30.7 Å². The Hall–Kier alpha value is -1.82. The number of hydrogen-bond donors (Lipinski definition) is 1. The Morgan fingerprint density at radius 3 is 2.81 bits per heavy atom. The van der Waals surface area contributed by atoms with E-state index in [9.17, 15) is 13.6 Å². The van der Waals surface area contributed by atoms with Crippen LogP contribution in [0.3, 0.4) is 0 Å². The lowest BCUT2D eigenvalue weighted by atomic mass is 10.1. The molecule has 0 bridgehead atoms. The second-order valence-corrected chi connectivity index (χ2v) is 5.97. The van der Waals surface area contributed by atoms with Crippen molar-refractivity contribution in [2.45, 2.75) is 26.7 Å². The number of benzene rings is 1. The Bertz CT molecular complexity index is 642. The summed E-state index contributed by atoms with van der Waals surface area (Å²) in [6, 6.07) is 3.82. The van der Waals surface area contributed by atoms with Gasteiger partial charge in [0, 0.05) is 23.4 Å². The van der Waals surface area contributed by atoms with E-state index in [1.54, 1.807) is 6.20 Å². The predicted molar refractivity (Wildman–Crippen MR) is 79.4 cm³/mol. The van der Waals surface area contributed by atoms with E-state index in [0.29, 0.717) is 17.1 Å². The topological polar surface area (TPSA) is 42.0 Å². The van der Waals surface area contributed by atoms with Crippen molar-refractivity contribution in [3.63, 3.8) is 0 Å². The molecule has 0 radical (unpaired) electrons. The Morgan fingerprint density at radius 2 is 2.14 bits per heavy atom. The fraction of sp³-hybridized carbons (Fsp3) is 0.333. The molecule has 0 saturated carbocycles. The molecule has 0 fully saturated rings. The minimum atomic E-state index is -0.859. The molecule has 112 valence electrons. The molecule has 0 aliphatic rings. The number of amides is 1. The van der Waals surface area contributed by atoms with E-state index in [1.807, 2.05) is 13.8 Å². The maximum atomic E-state index is 13.1. The normalized spacial score (nSPS) is 12.2. The number of nitrogens with one attached hydrogen (secondary N) is 1. The lowest BCUT2D eigenvalue weighted by molar-refractivity contribution is -0.119. The lowest BCUT2D eigenvalue weighted by Crippen LogP contribution is -2.19. The lowest BCUT2D eigenvalue weighted by Gasteiger charge is -2.06. The molecule has 1 amide bonds. The standard InChI is InChI=1S/C15H16F2N2OS/c1-3-9(2)14(20)19-15-18-8-11(21-15)6-10-4-5-12(16)13(17)7-10/h4-5,7-9H,3,6H2,1-2H3,(H,18,19,20)/t9-/m1/s1. The summed E-state index contributed by atoms with van der Waals surface area (Å²) in [4.78, 5) is 16.8. The van der Waals surface area contributed by atoms with Gasteiger partial charge in [0.15, 0.2) is 16.8 Å². The van der Waals surface area contributed by atoms with Gasteiger partial charge in [0.25, 0.3) is 0 Å². The molecule has 2 rings (SSSR count). The Balaban J connectivity index is 2.03. The molecule has 21 heavy (non-hydrogen) atoms. The van der Waals surface area contributed by atoms with Crippen molar-refractivity contribution in [3.05, 3.63) is 46.5 Å². The Morgan fingerprint density at radius 1 is 1.38 bits per heavy atom. The van der Waals surface area contributed by atoms with Crippen molar-refractivity contribution in [1.29, 1.82) is 0 Å². The molecule has 1 aromatic heterocycles. The van der Waals surface area contributed by atoms with Crippen LogP contribution in [0.25, 0.3) is 0 Å². The minimum absolute atomic E-state index is 0.0637. The van der Waals surface area contributed by atoms with Gasteiger partial charge in [0.1, 0.15) is 0 Å². The van der Waals surface area contributed by atoms with Crippen LogP contribution in [-0.2, 0) is 11.2 Å². The van der Waals surface area contributed by atoms with Crippen LogP contribution in [0.2, 0.25) is 0 Å². The molecule has 3 nitrogen and oxygen atoms in total. The van der Waals surface area contributed by atoms with Crippen molar-refractivity contribution >= 4 is 22.4 Å². The average Bonchev–Trinajstić information content (AvgIpc) is 2.89. The molecule has 1 atom stereocenters. The van der Waals surface area contributed by atoms with Gasteiger partial charge in [0.05, 0.1) is 0 Å². The monoisotopic (exact) mass is 310 g/mol. The summed E-state index contributed by atoms with van der Waals surface area (Å²) in [5.41, 5.74) is 0.664. The zero-order valence-electron chi connectivity index (χ0n) is 11.8. The van der Waals surface area contributed by atoms with Gasteiger partial charge >= 0.3 is 0 Å². The summed E-state index contributed by atoms with van der Waals surface area (Å²) in [5.74, 6) is -1.85. The fourth-order valence-electron chi connectivity index (χ4n) is 1.71. The van der Waals surface area contributed by atoms with Gasteiger partial charge in [-0.1, -0.05) is 19.9 Å². The van der Waals surface area contributed by atoms with Crippen molar-refractivity contribution in [1.82, 2.24) is 4.98 Å². The van der Waals surface area contributed by atoms with Crippen molar-refractivity contribution in [3.8, 4) is 0 Å². The van der Waals surface area contributed by atoms with Gasteiger partial charge in [-0.15, -0.1) is 11.3 Å². The number of carbonyl (C=O) groups is 1. The molecule has 1 heterocycles. The van der Waals surface area contributed by atoms with Gasteiger partial charge in [-0.2, -0.15) is 0 Å². The van der Waals surface area contributed by atoms with E-state index < -0.39 is 11.6 Å². The Kier molecular flexibility index (Phi) is 5.01. The molecule has 2 aromatic rings. The van der Waals surface area contributed by atoms with Crippen molar-refractivity contribution in [2.24, 2.45) is 5.92 Å². The number of thiazole rings is 1. The van der Waals surface area contributed by atoms with Crippen LogP contribution in [0, 0.1) is 17.6 Å². The second-order valence-electron chi connectivity index (χ2n) is 4.86. The summed E-state index contributed by atoms with van der Waals surface area (Å²) in [6.45, 7) is 3.80. The van der Waals surface area contributed by atoms with Crippen LogP contribution in [0.5, 0.6) is 0 Å². The molecule has 0 unspecified atom stereocenters. The van der Waals surface area contributed by atoms with E-state index in [0.717, 1.165) is 17.4 Å².